The number of nitrogens with one attached hydrogen (secondary N) is 1. The Morgan fingerprint density at radius 2 is 1.96 bits per heavy atom. The van der Waals surface area contributed by atoms with Crippen molar-refractivity contribution in [3.63, 3.8) is 0 Å². The standard InChI is InChI=1S/C17H20N2O6/c1-16(2,3)25-15(22)19-8-17(9-19)14(21)18-11-7-10(13(20)23-4)5-6-12(11)24-17/h5-7H,8-9H2,1-4H3,(H,18,21). The molecule has 0 unspecified atom stereocenters. The highest BCUT2D eigenvalue weighted by atomic mass is 16.6. The van der Waals surface area contributed by atoms with Crippen LogP contribution >= 0.6 is 0 Å². The average molecular weight is 348 g/mol. The van der Waals surface area contributed by atoms with Gasteiger partial charge < -0.3 is 19.5 Å². The highest BCUT2D eigenvalue weighted by Gasteiger charge is 2.56. The van der Waals surface area contributed by atoms with Crippen molar-refractivity contribution in [2.24, 2.45) is 0 Å². The summed E-state index contributed by atoms with van der Waals surface area (Å²) in [6.07, 6.45) is -0.485. The predicted molar refractivity (Wildman–Crippen MR) is 87.6 cm³/mol. The number of fused-ring (bicyclic) bond motifs is 1. The summed E-state index contributed by atoms with van der Waals surface area (Å²) in [7, 11) is 1.28. The molecule has 0 saturated carbocycles. The molecule has 3 rings (SSSR count). The highest BCUT2D eigenvalue weighted by molar-refractivity contribution is 6.04. The fourth-order valence-corrected chi connectivity index (χ4v) is 2.69. The van der Waals surface area contributed by atoms with E-state index in [4.69, 9.17) is 9.47 Å². The number of ether oxygens (including phenoxy) is 3. The highest BCUT2D eigenvalue weighted by Crippen LogP contribution is 2.39. The maximum atomic E-state index is 12.4. The number of amides is 2. The van der Waals surface area contributed by atoms with Crippen LogP contribution in [0, 0.1) is 0 Å². The number of hydrogen-bond donors (Lipinski definition) is 1. The number of hydrogen-bond acceptors (Lipinski definition) is 6. The van der Waals surface area contributed by atoms with Crippen LogP contribution in [0.15, 0.2) is 18.2 Å². The Kier molecular flexibility index (Phi) is 3.85. The van der Waals surface area contributed by atoms with Crippen molar-refractivity contribution >= 4 is 23.7 Å². The van der Waals surface area contributed by atoms with Gasteiger partial charge in [-0.1, -0.05) is 0 Å². The second kappa shape index (κ2) is 5.65. The SMILES string of the molecule is COC(=O)c1ccc2c(c1)NC(=O)C1(CN(C(=O)OC(C)(C)C)C1)O2. The molecule has 0 aliphatic carbocycles. The molecule has 8 nitrogen and oxygen atoms in total. The summed E-state index contributed by atoms with van der Waals surface area (Å²) in [6, 6.07) is 4.65. The van der Waals surface area contributed by atoms with Crippen molar-refractivity contribution in [3.05, 3.63) is 23.8 Å². The number of carbonyl (C=O) groups is 3. The molecule has 8 heteroatoms. The van der Waals surface area contributed by atoms with E-state index in [0.717, 1.165) is 0 Å². The van der Waals surface area contributed by atoms with Crippen LogP contribution in [0.3, 0.4) is 0 Å². The summed E-state index contributed by atoms with van der Waals surface area (Å²) in [5, 5.41) is 2.73. The molecule has 0 radical (unpaired) electrons. The minimum atomic E-state index is -1.13. The summed E-state index contributed by atoms with van der Waals surface area (Å²) < 4.78 is 15.8. The number of anilines is 1. The van der Waals surface area contributed by atoms with Gasteiger partial charge in [0.2, 0.25) is 5.60 Å². The molecule has 0 atom stereocenters. The fraction of sp³-hybridized carbons (Fsp3) is 0.471. The zero-order valence-corrected chi connectivity index (χ0v) is 14.5. The van der Waals surface area contributed by atoms with Gasteiger partial charge in [-0.2, -0.15) is 0 Å². The van der Waals surface area contributed by atoms with Crippen molar-refractivity contribution in [2.75, 3.05) is 25.5 Å². The first-order valence-electron chi connectivity index (χ1n) is 7.84. The maximum absolute atomic E-state index is 12.4. The lowest BCUT2D eigenvalue weighted by Gasteiger charge is -2.49. The number of methoxy groups -OCH3 is 1. The molecule has 1 spiro atoms. The Morgan fingerprint density at radius 3 is 2.56 bits per heavy atom. The molecule has 1 fully saturated rings. The Morgan fingerprint density at radius 1 is 1.28 bits per heavy atom. The van der Waals surface area contributed by atoms with Gasteiger partial charge in [0, 0.05) is 0 Å². The Balaban J connectivity index is 1.72. The van der Waals surface area contributed by atoms with Gasteiger partial charge in [-0.15, -0.1) is 0 Å². The number of likely N-dealkylation sites (tertiary alicyclic amines) is 1. The van der Waals surface area contributed by atoms with Crippen LogP contribution in [-0.4, -0.2) is 54.3 Å². The van der Waals surface area contributed by atoms with Crippen LogP contribution < -0.4 is 10.1 Å². The smallest absolute Gasteiger partial charge is 0.410 e. The van der Waals surface area contributed by atoms with Crippen LogP contribution in [0.4, 0.5) is 10.5 Å². The first kappa shape index (κ1) is 17.1. The summed E-state index contributed by atoms with van der Waals surface area (Å²) in [5.41, 5.74) is -1.03. The monoisotopic (exact) mass is 348 g/mol. The van der Waals surface area contributed by atoms with Gasteiger partial charge in [0.05, 0.1) is 31.5 Å². The minimum absolute atomic E-state index is 0.103. The molecule has 0 bridgehead atoms. The van der Waals surface area contributed by atoms with Gasteiger partial charge in [-0.05, 0) is 39.0 Å². The number of esters is 1. The average Bonchev–Trinajstić information content (AvgIpc) is 2.48. The van der Waals surface area contributed by atoms with Crippen LogP contribution in [0.1, 0.15) is 31.1 Å². The fourth-order valence-electron chi connectivity index (χ4n) is 2.69. The minimum Gasteiger partial charge on any atom is -0.471 e. The summed E-state index contributed by atoms with van der Waals surface area (Å²) in [6.45, 7) is 5.54. The number of nitrogens with zero attached hydrogens (tertiary/aromatic N) is 1. The summed E-state index contributed by atoms with van der Waals surface area (Å²) >= 11 is 0. The van der Waals surface area contributed by atoms with Crippen molar-refractivity contribution in [1.29, 1.82) is 0 Å². The summed E-state index contributed by atoms with van der Waals surface area (Å²) in [4.78, 5) is 37.5. The van der Waals surface area contributed by atoms with E-state index >= 15 is 0 Å². The Labute approximate surface area is 145 Å². The van der Waals surface area contributed by atoms with Gasteiger partial charge in [0.15, 0.2) is 0 Å². The lowest BCUT2D eigenvalue weighted by molar-refractivity contribution is -0.147. The number of carbonyl (C=O) groups excluding carboxylic acids is 3. The van der Waals surface area contributed by atoms with Crippen LogP contribution in [0.2, 0.25) is 0 Å². The van der Waals surface area contributed by atoms with Gasteiger partial charge in [-0.3, -0.25) is 9.69 Å². The van der Waals surface area contributed by atoms with E-state index in [1.165, 1.54) is 18.1 Å². The van der Waals surface area contributed by atoms with Crippen molar-refractivity contribution in [3.8, 4) is 5.75 Å². The van der Waals surface area contributed by atoms with E-state index in [0.29, 0.717) is 17.0 Å². The molecule has 1 aromatic carbocycles. The van der Waals surface area contributed by atoms with E-state index in [-0.39, 0.29) is 19.0 Å². The van der Waals surface area contributed by atoms with Gasteiger partial charge >= 0.3 is 12.1 Å². The Bertz CT molecular complexity index is 746. The van der Waals surface area contributed by atoms with E-state index < -0.39 is 23.3 Å². The van der Waals surface area contributed by atoms with E-state index in [1.807, 2.05) is 0 Å². The molecule has 1 N–H and O–H groups in total. The van der Waals surface area contributed by atoms with E-state index in [2.05, 4.69) is 10.1 Å². The van der Waals surface area contributed by atoms with Gasteiger partial charge in [0.25, 0.3) is 5.91 Å². The van der Waals surface area contributed by atoms with Gasteiger partial charge in [0.1, 0.15) is 11.4 Å². The van der Waals surface area contributed by atoms with Crippen molar-refractivity contribution < 1.29 is 28.6 Å². The first-order valence-corrected chi connectivity index (χ1v) is 7.84. The number of benzene rings is 1. The third-order valence-electron chi connectivity index (χ3n) is 3.91. The van der Waals surface area contributed by atoms with Crippen LogP contribution in [-0.2, 0) is 14.3 Å². The molecule has 2 aliphatic rings. The Hall–Kier alpha value is -2.77. The molecule has 134 valence electrons. The predicted octanol–water partition coefficient (Wildman–Crippen LogP) is 1.79. The topological polar surface area (TPSA) is 94.2 Å². The molecule has 2 aliphatic heterocycles. The molecule has 25 heavy (non-hydrogen) atoms. The normalized spacial score (nSPS) is 17.8. The second-order valence-corrected chi connectivity index (χ2v) is 7.09. The molecule has 2 amide bonds. The van der Waals surface area contributed by atoms with Crippen molar-refractivity contribution in [1.82, 2.24) is 4.90 Å². The van der Waals surface area contributed by atoms with E-state index in [9.17, 15) is 14.4 Å². The third-order valence-corrected chi connectivity index (χ3v) is 3.91. The van der Waals surface area contributed by atoms with Crippen LogP contribution in [0.25, 0.3) is 0 Å². The molecular formula is C17H20N2O6. The van der Waals surface area contributed by atoms with Gasteiger partial charge in [-0.25, -0.2) is 9.59 Å². The van der Waals surface area contributed by atoms with Crippen molar-refractivity contribution in [2.45, 2.75) is 32.0 Å². The molecule has 2 heterocycles. The molecule has 1 aromatic rings. The lowest BCUT2D eigenvalue weighted by atomic mass is 9.91. The second-order valence-electron chi connectivity index (χ2n) is 7.09. The number of rotatable bonds is 1. The zero-order valence-electron chi connectivity index (χ0n) is 14.5. The van der Waals surface area contributed by atoms with E-state index in [1.54, 1.807) is 32.9 Å². The van der Waals surface area contributed by atoms with Crippen LogP contribution in [0.5, 0.6) is 5.75 Å². The molecular weight excluding hydrogens is 328 g/mol. The largest absolute Gasteiger partial charge is 0.471 e. The summed E-state index contributed by atoms with van der Waals surface area (Å²) in [5.74, 6) is -0.421. The lowest BCUT2D eigenvalue weighted by Crippen LogP contribution is -2.73. The zero-order chi connectivity index (χ0) is 18.4. The third kappa shape index (κ3) is 3.11. The first-order chi connectivity index (χ1) is 11.6. The molecule has 1 saturated heterocycles. The molecule has 0 aromatic heterocycles. The maximum Gasteiger partial charge on any atom is 0.410 e. The quantitative estimate of drug-likeness (QED) is 0.778.